The van der Waals surface area contributed by atoms with Crippen molar-refractivity contribution in [1.29, 1.82) is 0 Å². The Bertz CT molecular complexity index is 724. The van der Waals surface area contributed by atoms with Crippen molar-refractivity contribution in [2.24, 2.45) is 10.9 Å². The first-order chi connectivity index (χ1) is 15.0. The van der Waals surface area contributed by atoms with E-state index in [2.05, 4.69) is 29.4 Å². The number of carbonyl (C=O) groups is 1. The van der Waals surface area contributed by atoms with Crippen LogP contribution in [0.15, 0.2) is 23.2 Å². The van der Waals surface area contributed by atoms with E-state index in [0.717, 1.165) is 57.3 Å². The van der Waals surface area contributed by atoms with Gasteiger partial charge in [0.05, 0.1) is 34.0 Å². The number of methoxy groups -OCH3 is 2. The number of nitrogens with zero attached hydrogens (tertiary/aromatic N) is 2. The van der Waals surface area contributed by atoms with Crippen LogP contribution in [0.5, 0.6) is 5.75 Å². The molecule has 2 N–H and O–H groups in total. The molecule has 1 aromatic rings. The Hall–Kier alpha value is -1.59. The summed E-state index contributed by atoms with van der Waals surface area (Å²) in [6, 6.07) is 5.88. The van der Waals surface area contributed by atoms with E-state index in [0.29, 0.717) is 29.8 Å². The van der Waals surface area contributed by atoms with Gasteiger partial charge in [0.2, 0.25) is 0 Å². The van der Waals surface area contributed by atoms with Crippen molar-refractivity contribution in [3.05, 3.63) is 29.3 Å². The summed E-state index contributed by atoms with van der Waals surface area (Å²) in [6.07, 6.45) is 1.12. The summed E-state index contributed by atoms with van der Waals surface area (Å²) in [5.41, 5.74) is 1.31. The number of guanidine groups is 1. The van der Waals surface area contributed by atoms with Gasteiger partial charge in [-0.05, 0) is 37.0 Å². The molecule has 1 heterocycles. The summed E-state index contributed by atoms with van der Waals surface area (Å²) in [6.45, 7) is 12.1. The van der Waals surface area contributed by atoms with Gasteiger partial charge >= 0.3 is 5.97 Å². The van der Waals surface area contributed by atoms with Gasteiger partial charge in [-0.1, -0.05) is 19.9 Å². The van der Waals surface area contributed by atoms with Crippen LogP contribution in [0.4, 0.5) is 0 Å². The first-order valence-corrected chi connectivity index (χ1v) is 11.1. The molecule has 0 saturated carbocycles. The molecule has 32 heavy (non-hydrogen) atoms. The fourth-order valence-corrected chi connectivity index (χ4v) is 3.70. The van der Waals surface area contributed by atoms with Crippen LogP contribution < -0.4 is 15.4 Å². The zero-order chi connectivity index (χ0) is 22.6. The number of aliphatic imine (C=N–C) groups is 1. The summed E-state index contributed by atoms with van der Waals surface area (Å²) < 4.78 is 15.6. The number of rotatable bonds is 10. The van der Waals surface area contributed by atoms with E-state index in [1.165, 1.54) is 14.2 Å². The molecule has 1 saturated heterocycles. The Labute approximate surface area is 209 Å². The molecular formula is C23H39IN4O4. The predicted octanol–water partition coefficient (Wildman–Crippen LogP) is 2.90. The average Bonchev–Trinajstić information content (AvgIpc) is 2.79. The lowest BCUT2D eigenvalue weighted by atomic mass is 10.0. The minimum Gasteiger partial charge on any atom is -0.496 e. The van der Waals surface area contributed by atoms with Crippen LogP contribution in [0.3, 0.4) is 0 Å². The van der Waals surface area contributed by atoms with E-state index in [4.69, 9.17) is 19.2 Å². The SMILES string of the molecule is CCNC(=NCc1ccc(OC)c(C(=O)OC)c1)NCC(CC(C)C)N1CCOCC1.I. The van der Waals surface area contributed by atoms with Crippen molar-refractivity contribution in [2.75, 3.05) is 53.6 Å². The lowest BCUT2D eigenvalue weighted by Crippen LogP contribution is -2.51. The van der Waals surface area contributed by atoms with Gasteiger partial charge in [-0.25, -0.2) is 9.79 Å². The second-order valence-corrected chi connectivity index (χ2v) is 8.03. The number of esters is 1. The van der Waals surface area contributed by atoms with E-state index >= 15 is 0 Å². The highest BCUT2D eigenvalue weighted by Crippen LogP contribution is 2.21. The van der Waals surface area contributed by atoms with Crippen LogP contribution in [0, 0.1) is 5.92 Å². The van der Waals surface area contributed by atoms with Gasteiger partial charge in [-0.2, -0.15) is 0 Å². The number of carbonyl (C=O) groups excluding carboxylic acids is 1. The highest BCUT2D eigenvalue weighted by molar-refractivity contribution is 14.0. The van der Waals surface area contributed by atoms with Crippen LogP contribution in [-0.4, -0.2) is 76.5 Å². The van der Waals surface area contributed by atoms with Gasteiger partial charge in [0, 0.05) is 32.2 Å². The molecule has 1 aromatic carbocycles. The molecule has 1 aliphatic heterocycles. The molecule has 0 radical (unpaired) electrons. The van der Waals surface area contributed by atoms with Gasteiger partial charge < -0.3 is 24.8 Å². The van der Waals surface area contributed by atoms with Crippen LogP contribution >= 0.6 is 24.0 Å². The second kappa shape index (κ2) is 15.3. The maximum atomic E-state index is 12.0. The topological polar surface area (TPSA) is 84.4 Å². The third-order valence-corrected chi connectivity index (χ3v) is 5.24. The van der Waals surface area contributed by atoms with E-state index < -0.39 is 5.97 Å². The van der Waals surface area contributed by atoms with Gasteiger partial charge in [-0.15, -0.1) is 24.0 Å². The summed E-state index contributed by atoms with van der Waals surface area (Å²) in [5, 5.41) is 6.82. The number of nitrogens with one attached hydrogen (secondary N) is 2. The Kier molecular flexibility index (Phi) is 13.6. The lowest BCUT2D eigenvalue weighted by Gasteiger charge is -2.35. The highest BCUT2D eigenvalue weighted by atomic mass is 127. The molecule has 1 atom stereocenters. The van der Waals surface area contributed by atoms with Gasteiger partial charge in [0.25, 0.3) is 0 Å². The lowest BCUT2D eigenvalue weighted by molar-refractivity contribution is 0.0132. The summed E-state index contributed by atoms with van der Waals surface area (Å²) in [5.74, 6) is 1.45. The van der Waals surface area contributed by atoms with Crippen LogP contribution in [-0.2, 0) is 16.0 Å². The Morgan fingerprint density at radius 2 is 1.94 bits per heavy atom. The molecule has 182 valence electrons. The molecule has 9 heteroatoms. The number of hydrogen-bond donors (Lipinski definition) is 2. The molecule has 1 fully saturated rings. The summed E-state index contributed by atoms with van der Waals surface area (Å²) in [4.78, 5) is 19.3. The minimum atomic E-state index is -0.422. The molecule has 0 aromatic heterocycles. The third-order valence-electron chi connectivity index (χ3n) is 5.24. The minimum absolute atomic E-state index is 0. The number of halogens is 1. The van der Waals surface area contributed by atoms with Crippen LogP contribution in [0.2, 0.25) is 0 Å². The van der Waals surface area contributed by atoms with Gasteiger partial charge in [-0.3, -0.25) is 4.90 Å². The quantitative estimate of drug-likeness (QED) is 0.196. The third kappa shape index (κ3) is 9.11. The molecule has 0 spiro atoms. The maximum absolute atomic E-state index is 12.0. The van der Waals surface area contributed by atoms with Crippen LogP contribution in [0.25, 0.3) is 0 Å². The van der Waals surface area contributed by atoms with Crippen molar-refractivity contribution >= 4 is 35.9 Å². The zero-order valence-electron chi connectivity index (χ0n) is 20.0. The predicted molar refractivity (Wildman–Crippen MR) is 138 cm³/mol. The van der Waals surface area contributed by atoms with E-state index in [-0.39, 0.29) is 24.0 Å². The molecule has 0 bridgehead atoms. The highest BCUT2D eigenvalue weighted by Gasteiger charge is 2.22. The smallest absolute Gasteiger partial charge is 0.341 e. The average molecular weight is 562 g/mol. The molecular weight excluding hydrogens is 523 g/mol. The fourth-order valence-electron chi connectivity index (χ4n) is 3.70. The molecule has 2 rings (SSSR count). The van der Waals surface area contributed by atoms with Crippen molar-refractivity contribution < 1.29 is 19.0 Å². The van der Waals surface area contributed by atoms with E-state index in [1.807, 2.05) is 13.0 Å². The standard InChI is InChI=1S/C23H38N4O4.HI/c1-6-24-23(26-16-19(13-17(2)3)27-9-11-31-12-10-27)25-15-18-7-8-21(29-4)20(14-18)22(28)30-5;/h7-8,14,17,19H,6,9-13,15-16H2,1-5H3,(H2,24,25,26);1H. The van der Waals surface area contributed by atoms with Crippen molar-refractivity contribution in [3.8, 4) is 5.75 Å². The monoisotopic (exact) mass is 562 g/mol. The molecule has 1 aliphatic rings. The largest absolute Gasteiger partial charge is 0.496 e. The maximum Gasteiger partial charge on any atom is 0.341 e. The molecule has 1 unspecified atom stereocenters. The van der Waals surface area contributed by atoms with E-state index in [1.54, 1.807) is 12.1 Å². The number of benzene rings is 1. The normalized spacial score (nSPS) is 15.6. The van der Waals surface area contributed by atoms with Crippen molar-refractivity contribution in [1.82, 2.24) is 15.5 Å². The first kappa shape index (κ1) is 28.4. The number of ether oxygens (including phenoxy) is 3. The Morgan fingerprint density at radius 1 is 1.22 bits per heavy atom. The van der Waals surface area contributed by atoms with Crippen molar-refractivity contribution in [3.63, 3.8) is 0 Å². The summed E-state index contributed by atoms with van der Waals surface area (Å²) >= 11 is 0. The van der Waals surface area contributed by atoms with E-state index in [9.17, 15) is 4.79 Å². The molecule has 0 aliphatic carbocycles. The first-order valence-electron chi connectivity index (χ1n) is 11.1. The zero-order valence-corrected chi connectivity index (χ0v) is 22.3. The summed E-state index contributed by atoms with van der Waals surface area (Å²) in [7, 11) is 2.90. The Morgan fingerprint density at radius 3 is 2.53 bits per heavy atom. The fraction of sp³-hybridized carbons (Fsp3) is 0.652. The van der Waals surface area contributed by atoms with Gasteiger partial charge in [0.1, 0.15) is 11.3 Å². The second-order valence-electron chi connectivity index (χ2n) is 8.03. The van der Waals surface area contributed by atoms with Gasteiger partial charge in [0.15, 0.2) is 5.96 Å². The number of morpholine rings is 1. The number of hydrogen-bond acceptors (Lipinski definition) is 6. The van der Waals surface area contributed by atoms with Crippen molar-refractivity contribution in [2.45, 2.75) is 39.8 Å². The van der Waals surface area contributed by atoms with Crippen LogP contribution in [0.1, 0.15) is 43.1 Å². The molecule has 8 nitrogen and oxygen atoms in total. The molecule has 0 amide bonds. The Balaban J connectivity index is 0.00000512.